The lowest BCUT2D eigenvalue weighted by molar-refractivity contribution is -0.128. The van der Waals surface area contributed by atoms with Gasteiger partial charge in [-0.3, -0.25) is 4.79 Å². The summed E-state index contributed by atoms with van der Waals surface area (Å²) in [6.07, 6.45) is 2.23. The molecule has 0 radical (unpaired) electrons. The van der Waals surface area contributed by atoms with Crippen molar-refractivity contribution in [2.45, 2.75) is 32.9 Å². The SMILES string of the molecule is C=CCNC(=O)C(C)OC(=O)c1cc(-c2ccccc2)nc2c1cnn2C(C)C. The van der Waals surface area contributed by atoms with Crippen LogP contribution in [0.5, 0.6) is 0 Å². The zero-order valence-electron chi connectivity index (χ0n) is 16.8. The van der Waals surface area contributed by atoms with Gasteiger partial charge in [-0.15, -0.1) is 6.58 Å². The number of carbonyl (C=O) groups is 2. The van der Waals surface area contributed by atoms with Crippen molar-refractivity contribution >= 4 is 22.9 Å². The molecule has 0 saturated heterocycles. The first kappa shape index (κ1) is 20.3. The molecule has 2 heterocycles. The number of amides is 1. The number of hydrogen-bond acceptors (Lipinski definition) is 5. The second-order valence-electron chi connectivity index (χ2n) is 6.92. The van der Waals surface area contributed by atoms with Gasteiger partial charge in [-0.1, -0.05) is 36.4 Å². The second-order valence-corrected chi connectivity index (χ2v) is 6.92. The molecule has 1 aromatic carbocycles. The van der Waals surface area contributed by atoms with Crippen molar-refractivity contribution < 1.29 is 14.3 Å². The van der Waals surface area contributed by atoms with Crippen molar-refractivity contribution in [1.82, 2.24) is 20.1 Å². The van der Waals surface area contributed by atoms with Crippen LogP contribution < -0.4 is 5.32 Å². The number of ether oxygens (including phenoxy) is 1. The maximum absolute atomic E-state index is 12.9. The predicted octanol–water partition coefficient (Wildman–Crippen LogP) is 3.53. The van der Waals surface area contributed by atoms with Crippen LogP contribution in [0.3, 0.4) is 0 Å². The van der Waals surface area contributed by atoms with Crippen LogP contribution in [0.2, 0.25) is 0 Å². The van der Waals surface area contributed by atoms with Crippen LogP contribution in [0.4, 0.5) is 0 Å². The second kappa shape index (κ2) is 8.68. The number of rotatable bonds is 7. The van der Waals surface area contributed by atoms with E-state index in [2.05, 4.69) is 17.0 Å². The van der Waals surface area contributed by atoms with Gasteiger partial charge in [-0.05, 0) is 26.8 Å². The summed E-state index contributed by atoms with van der Waals surface area (Å²) >= 11 is 0. The van der Waals surface area contributed by atoms with Gasteiger partial charge in [0.25, 0.3) is 5.91 Å². The minimum atomic E-state index is -0.939. The van der Waals surface area contributed by atoms with Crippen LogP contribution >= 0.6 is 0 Å². The third kappa shape index (κ3) is 4.34. The van der Waals surface area contributed by atoms with Gasteiger partial charge in [-0.2, -0.15) is 5.10 Å². The monoisotopic (exact) mass is 392 g/mol. The van der Waals surface area contributed by atoms with Crippen molar-refractivity contribution in [2.24, 2.45) is 0 Å². The van der Waals surface area contributed by atoms with Crippen LogP contribution in [-0.4, -0.2) is 39.3 Å². The Morgan fingerprint density at radius 3 is 2.62 bits per heavy atom. The topological polar surface area (TPSA) is 86.1 Å². The van der Waals surface area contributed by atoms with Crippen LogP contribution in [0.15, 0.2) is 55.3 Å². The van der Waals surface area contributed by atoms with Crippen LogP contribution in [0.25, 0.3) is 22.3 Å². The molecule has 1 amide bonds. The molecular formula is C22H24N4O3. The highest BCUT2D eigenvalue weighted by Gasteiger charge is 2.23. The summed E-state index contributed by atoms with van der Waals surface area (Å²) in [6.45, 7) is 9.37. The average Bonchev–Trinajstić information content (AvgIpc) is 3.16. The quantitative estimate of drug-likeness (QED) is 0.491. The fourth-order valence-electron chi connectivity index (χ4n) is 2.92. The number of nitrogens with one attached hydrogen (secondary N) is 1. The van der Waals surface area contributed by atoms with Crippen LogP contribution in [-0.2, 0) is 9.53 Å². The molecule has 0 saturated carbocycles. The van der Waals surface area contributed by atoms with Gasteiger partial charge in [0.15, 0.2) is 11.8 Å². The molecule has 29 heavy (non-hydrogen) atoms. The molecule has 1 unspecified atom stereocenters. The number of fused-ring (bicyclic) bond motifs is 1. The molecule has 7 heteroatoms. The first-order valence-corrected chi connectivity index (χ1v) is 9.45. The van der Waals surface area contributed by atoms with Gasteiger partial charge in [0.1, 0.15) is 0 Å². The average molecular weight is 392 g/mol. The number of esters is 1. The number of aromatic nitrogens is 3. The van der Waals surface area contributed by atoms with Crippen LogP contribution in [0, 0.1) is 0 Å². The molecule has 1 atom stereocenters. The normalized spacial score (nSPS) is 12.0. The smallest absolute Gasteiger partial charge is 0.339 e. The minimum absolute atomic E-state index is 0.0681. The highest BCUT2D eigenvalue weighted by atomic mass is 16.5. The van der Waals surface area contributed by atoms with E-state index in [0.717, 1.165) is 5.56 Å². The lowest BCUT2D eigenvalue weighted by Crippen LogP contribution is -2.35. The van der Waals surface area contributed by atoms with Crippen molar-refractivity contribution in [3.05, 3.63) is 60.8 Å². The molecule has 0 aliphatic carbocycles. The Labute approximate surface area is 169 Å². The minimum Gasteiger partial charge on any atom is -0.449 e. The Hall–Kier alpha value is -3.48. The van der Waals surface area contributed by atoms with Gasteiger partial charge in [0, 0.05) is 18.2 Å². The van der Waals surface area contributed by atoms with Crippen molar-refractivity contribution in [1.29, 1.82) is 0 Å². The summed E-state index contributed by atoms with van der Waals surface area (Å²) in [5, 5.41) is 7.59. The standard InChI is InChI=1S/C22H24N4O3/c1-5-11-23-21(27)15(4)29-22(28)17-12-19(16-9-7-6-8-10-16)25-20-18(17)13-24-26(20)14(2)3/h5-10,12-15H,1,11H2,2-4H3,(H,23,27). The van der Waals surface area contributed by atoms with Gasteiger partial charge in [-0.25, -0.2) is 14.5 Å². The van der Waals surface area contributed by atoms with E-state index in [1.807, 2.05) is 44.2 Å². The molecule has 7 nitrogen and oxygen atoms in total. The Morgan fingerprint density at radius 2 is 1.97 bits per heavy atom. The fourth-order valence-corrected chi connectivity index (χ4v) is 2.92. The third-order valence-electron chi connectivity index (χ3n) is 4.42. The summed E-state index contributed by atoms with van der Waals surface area (Å²) < 4.78 is 7.18. The zero-order valence-corrected chi connectivity index (χ0v) is 16.8. The molecule has 3 aromatic rings. The number of pyridine rings is 1. The van der Waals surface area contributed by atoms with E-state index in [1.165, 1.54) is 6.92 Å². The number of nitrogens with zero attached hydrogens (tertiary/aromatic N) is 3. The summed E-state index contributed by atoms with van der Waals surface area (Å²) in [5.41, 5.74) is 2.43. The summed E-state index contributed by atoms with van der Waals surface area (Å²) in [5.74, 6) is -0.983. The number of carbonyl (C=O) groups excluding carboxylic acids is 2. The van der Waals surface area contributed by atoms with E-state index in [-0.39, 0.29) is 11.9 Å². The zero-order chi connectivity index (χ0) is 21.0. The largest absolute Gasteiger partial charge is 0.449 e. The van der Waals surface area contributed by atoms with E-state index >= 15 is 0 Å². The Kier molecular flexibility index (Phi) is 6.07. The predicted molar refractivity (Wildman–Crippen MR) is 111 cm³/mol. The van der Waals surface area contributed by atoms with Gasteiger partial charge >= 0.3 is 5.97 Å². The van der Waals surface area contributed by atoms with Crippen molar-refractivity contribution in [2.75, 3.05) is 6.54 Å². The maximum Gasteiger partial charge on any atom is 0.339 e. The molecule has 2 aromatic heterocycles. The first-order chi connectivity index (χ1) is 13.9. The third-order valence-corrected chi connectivity index (χ3v) is 4.42. The number of benzene rings is 1. The molecule has 0 aliphatic heterocycles. The van der Waals surface area contributed by atoms with E-state index in [9.17, 15) is 9.59 Å². The highest BCUT2D eigenvalue weighted by molar-refractivity contribution is 6.04. The summed E-state index contributed by atoms with van der Waals surface area (Å²) in [7, 11) is 0. The highest BCUT2D eigenvalue weighted by Crippen LogP contribution is 2.27. The summed E-state index contributed by atoms with van der Waals surface area (Å²) in [6, 6.07) is 11.3. The van der Waals surface area contributed by atoms with Crippen LogP contribution in [0.1, 0.15) is 37.2 Å². The van der Waals surface area contributed by atoms with E-state index in [4.69, 9.17) is 9.72 Å². The van der Waals surface area contributed by atoms with Gasteiger partial charge in [0.2, 0.25) is 0 Å². The van der Waals surface area contributed by atoms with Gasteiger partial charge in [0.05, 0.1) is 22.8 Å². The molecule has 150 valence electrons. The lowest BCUT2D eigenvalue weighted by atomic mass is 10.1. The molecule has 1 N–H and O–H groups in total. The van der Waals surface area contributed by atoms with E-state index in [0.29, 0.717) is 28.8 Å². The molecule has 0 spiro atoms. The summed E-state index contributed by atoms with van der Waals surface area (Å²) in [4.78, 5) is 29.7. The molecule has 0 fully saturated rings. The molecule has 0 aliphatic rings. The Morgan fingerprint density at radius 1 is 1.24 bits per heavy atom. The van der Waals surface area contributed by atoms with Crippen molar-refractivity contribution in [3.63, 3.8) is 0 Å². The van der Waals surface area contributed by atoms with Crippen molar-refractivity contribution in [3.8, 4) is 11.3 Å². The molecular weight excluding hydrogens is 368 g/mol. The van der Waals surface area contributed by atoms with E-state index < -0.39 is 12.1 Å². The maximum atomic E-state index is 12.9. The molecule has 3 rings (SSSR count). The van der Waals surface area contributed by atoms with E-state index in [1.54, 1.807) is 23.0 Å². The Bertz CT molecular complexity index is 1040. The fraction of sp³-hybridized carbons (Fsp3) is 0.273. The Balaban J connectivity index is 2.02. The van der Waals surface area contributed by atoms with Gasteiger partial charge < -0.3 is 10.1 Å². The molecule has 0 bridgehead atoms. The number of hydrogen-bond donors (Lipinski definition) is 1. The lowest BCUT2D eigenvalue weighted by Gasteiger charge is -2.14. The first-order valence-electron chi connectivity index (χ1n) is 9.45.